The van der Waals surface area contributed by atoms with Gasteiger partial charge in [-0.1, -0.05) is 30.9 Å². The van der Waals surface area contributed by atoms with Gasteiger partial charge in [0, 0.05) is 11.9 Å². The lowest BCUT2D eigenvalue weighted by Crippen LogP contribution is -2.19. The molecule has 3 aromatic heterocycles. The van der Waals surface area contributed by atoms with Crippen molar-refractivity contribution in [1.29, 1.82) is 0 Å². The van der Waals surface area contributed by atoms with Crippen LogP contribution in [0.2, 0.25) is 0 Å². The van der Waals surface area contributed by atoms with Crippen molar-refractivity contribution in [2.75, 3.05) is 6.61 Å². The van der Waals surface area contributed by atoms with E-state index in [0.29, 0.717) is 35.0 Å². The number of fused-ring (bicyclic) bond motifs is 1. The van der Waals surface area contributed by atoms with E-state index >= 15 is 0 Å². The van der Waals surface area contributed by atoms with E-state index in [4.69, 9.17) is 4.74 Å². The molecule has 0 N–H and O–H groups in total. The molecule has 0 amide bonds. The fourth-order valence-electron chi connectivity index (χ4n) is 3.23. The maximum absolute atomic E-state index is 13.2. The molecule has 0 fully saturated rings. The van der Waals surface area contributed by atoms with Crippen LogP contribution >= 0.6 is 0 Å². The number of nitrogens with zero attached hydrogens (tertiary/aromatic N) is 4. The molecule has 6 nitrogen and oxygen atoms in total. The molecule has 6 heteroatoms. The quantitative estimate of drug-likeness (QED) is 0.501. The second-order valence-corrected chi connectivity index (χ2v) is 6.46. The molecule has 0 saturated heterocycles. The highest BCUT2D eigenvalue weighted by molar-refractivity contribution is 5.65. The van der Waals surface area contributed by atoms with E-state index in [2.05, 4.69) is 16.7 Å². The third-order valence-corrected chi connectivity index (χ3v) is 4.50. The number of aryl methyl sites for hydroxylation is 2. The first-order chi connectivity index (χ1) is 13.6. The van der Waals surface area contributed by atoms with Gasteiger partial charge in [0.25, 0.3) is 5.56 Å². The molecule has 3 heterocycles. The Morgan fingerprint density at radius 3 is 2.68 bits per heavy atom. The molecule has 4 aromatic rings. The van der Waals surface area contributed by atoms with Gasteiger partial charge in [-0.15, -0.1) is 0 Å². The minimum Gasteiger partial charge on any atom is -0.486 e. The molecular weight excluding hydrogens is 352 g/mol. The number of ether oxygens (including phenoxy) is 1. The van der Waals surface area contributed by atoms with Crippen molar-refractivity contribution in [3.05, 3.63) is 89.1 Å². The second-order valence-electron chi connectivity index (χ2n) is 6.46. The van der Waals surface area contributed by atoms with E-state index in [-0.39, 0.29) is 5.56 Å². The van der Waals surface area contributed by atoms with Crippen molar-refractivity contribution in [2.24, 2.45) is 0 Å². The molecule has 140 valence electrons. The minimum atomic E-state index is -0.177. The summed E-state index contributed by atoms with van der Waals surface area (Å²) in [4.78, 5) is 17.9. The largest absolute Gasteiger partial charge is 0.486 e. The maximum Gasteiger partial charge on any atom is 0.267 e. The number of aromatic nitrogens is 4. The first kappa shape index (κ1) is 17.7. The summed E-state index contributed by atoms with van der Waals surface area (Å²) in [6.45, 7) is 7.78. The highest BCUT2D eigenvalue weighted by Gasteiger charge is 2.18. The number of hydrogen-bond donors (Lipinski definition) is 0. The van der Waals surface area contributed by atoms with E-state index in [0.717, 1.165) is 11.4 Å². The zero-order valence-electron chi connectivity index (χ0n) is 15.8. The molecule has 0 atom stereocenters. The Labute approximate surface area is 162 Å². The Balaban J connectivity index is 1.89. The van der Waals surface area contributed by atoms with E-state index in [1.807, 2.05) is 54.9 Å². The van der Waals surface area contributed by atoms with Crippen LogP contribution in [0.25, 0.3) is 22.6 Å². The third-order valence-electron chi connectivity index (χ3n) is 4.50. The van der Waals surface area contributed by atoms with Crippen molar-refractivity contribution < 1.29 is 4.74 Å². The molecule has 4 rings (SSSR count). The summed E-state index contributed by atoms with van der Waals surface area (Å²) in [6.07, 6.45) is 3.34. The smallest absolute Gasteiger partial charge is 0.267 e. The Morgan fingerprint density at radius 1 is 1.14 bits per heavy atom. The van der Waals surface area contributed by atoms with Gasteiger partial charge in [-0.3, -0.25) is 9.20 Å². The van der Waals surface area contributed by atoms with Crippen LogP contribution in [0, 0.1) is 13.8 Å². The zero-order valence-corrected chi connectivity index (χ0v) is 15.8. The van der Waals surface area contributed by atoms with Gasteiger partial charge in [0.05, 0.1) is 16.9 Å². The van der Waals surface area contributed by atoms with Crippen molar-refractivity contribution in [3.63, 3.8) is 0 Å². The lowest BCUT2D eigenvalue weighted by Gasteiger charge is -2.10. The molecule has 0 aliphatic rings. The van der Waals surface area contributed by atoms with Gasteiger partial charge in [-0.05, 0) is 44.2 Å². The third kappa shape index (κ3) is 2.99. The molecule has 0 aliphatic heterocycles. The van der Waals surface area contributed by atoms with Gasteiger partial charge < -0.3 is 4.74 Å². The monoisotopic (exact) mass is 372 g/mol. The molecule has 0 aliphatic carbocycles. The molecule has 1 aromatic carbocycles. The molecular formula is C22H20N4O2. The first-order valence-corrected chi connectivity index (χ1v) is 8.98. The summed E-state index contributed by atoms with van der Waals surface area (Å²) in [7, 11) is 0. The standard InChI is InChI=1S/C22H20N4O2/c1-4-13-28-19-11-8-12-25-21(19)23-16(3)20(22(25)27)18-14-15(2)26(24-18)17-9-6-5-7-10-17/h4-12,14H,1,13H2,2-3H3. The predicted octanol–water partition coefficient (Wildman–Crippen LogP) is 3.73. The number of hydrogen-bond acceptors (Lipinski definition) is 4. The zero-order chi connectivity index (χ0) is 19.7. The maximum atomic E-state index is 13.2. The van der Waals surface area contributed by atoms with Crippen LogP contribution in [0.3, 0.4) is 0 Å². The number of benzene rings is 1. The van der Waals surface area contributed by atoms with Crippen LogP contribution in [0.1, 0.15) is 11.4 Å². The van der Waals surface area contributed by atoms with Gasteiger partial charge >= 0.3 is 0 Å². The Hall–Kier alpha value is -3.67. The number of pyridine rings is 1. The van der Waals surface area contributed by atoms with Gasteiger partial charge in [-0.2, -0.15) is 5.10 Å². The Morgan fingerprint density at radius 2 is 1.93 bits per heavy atom. The predicted molar refractivity (Wildman–Crippen MR) is 109 cm³/mol. The highest BCUT2D eigenvalue weighted by Crippen LogP contribution is 2.23. The fraction of sp³-hybridized carbons (Fsp3) is 0.136. The average Bonchev–Trinajstić information content (AvgIpc) is 3.08. The van der Waals surface area contributed by atoms with Crippen LogP contribution in [0.5, 0.6) is 5.75 Å². The van der Waals surface area contributed by atoms with Gasteiger partial charge in [-0.25, -0.2) is 9.67 Å². The van der Waals surface area contributed by atoms with Crippen molar-refractivity contribution in [3.8, 4) is 22.7 Å². The van der Waals surface area contributed by atoms with Crippen LogP contribution < -0.4 is 10.3 Å². The number of rotatable bonds is 5. The summed E-state index contributed by atoms with van der Waals surface area (Å²) in [6, 6.07) is 15.3. The SMILES string of the molecule is C=CCOc1cccn2c(=O)c(-c3cc(C)n(-c4ccccc4)n3)c(C)nc12. The van der Waals surface area contributed by atoms with Gasteiger partial charge in [0.2, 0.25) is 0 Å². The lowest BCUT2D eigenvalue weighted by atomic mass is 10.1. The Bertz CT molecular complexity index is 1220. The van der Waals surface area contributed by atoms with Crippen molar-refractivity contribution in [1.82, 2.24) is 19.2 Å². The molecule has 0 spiro atoms. The fourth-order valence-corrected chi connectivity index (χ4v) is 3.23. The summed E-state index contributed by atoms with van der Waals surface area (Å²) < 4.78 is 8.97. The van der Waals surface area contributed by atoms with Crippen LogP contribution in [0.4, 0.5) is 0 Å². The lowest BCUT2D eigenvalue weighted by molar-refractivity contribution is 0.365. The minimum absolute atomic E-state index is 0.177. The summed E-state index contributed by atoms with van der Waals surface area (Å²) >= 11 is 0. The van der Waals surface area contributed by atoms with E-state index in [1.165, 1.54) is 4.40 Å². The second kappa shape index (κ2) is 7.15. The van der Waals surface area contributed by atoms with Crippen molar-refractivity contribution in [2.45, 2.75) is 13.8 Å². The van der Waals surface area contributed by atoms with Gasteiger partial charge in [0.15, 0.2) is 11.4 Å². The highest BCUT2D eigenvalue weighted by atomic mass is 16.5. The molecule has 0 radical (unpaired) electrons. The van der Waals surface area contributed by atoms with Crippen LogP contribution in [-0.2, 0) is 0 Å². The first-order valence-electron chi connectivity index (χ1n) is 8.98. The average molecular weight is 372 g/mol. The van der Waals surface area contributed by atoms with Gasteiger partial charge in [0.1, 0.15) is 12.3 Å². The summed E-state index contributed by atoms with van der Waals surface area (Å²) in [5.74, 6) is 0.542. The normalized spacial score (nSPS) is 10.9. The van der Waals surface area contributed by atoms with E-state index in [1.54, 1.807) is 24.4 Å². The van der Waals surface area contributed by atoms with E-state index in [9.17, 15) is 4.79 Å². The van der Waals surface area contributed by atoms with E-state index < -0.39 is 0 Å². The van der Waals surface area contributed by atoms with Crippen LogP contribution in [0.15, 0.2) is 72.2 Å². The summed E-state index contributed by atoms with van der Waals surface area (Å²) in [5, 5.41) is 4.67. The topological polar surface area (TPSA) is 61.4 Å². The van der Waals surface area contributed by atoms with Crippen molar-refractivity contribution >= 4 is 5.65 Å². The summed E-state index contributed by atoms with van der Waals surface area (Å²) in [5.41, 5.74) is 3.88. The molecule has 0 bridgehead atoms. The van der Waals surface area contributed by atoms with Crippen LogP contribution in [-0.4, -0.2) is 25.8 Å². The number of para-hydroxylation sites is 1. The Kier molecular flexibility index (Phi) is 4.53. The molecule has 28 heavy (non-hydrogen) atoms. The molecule has 0 saturated carbocycles. The molecule has 0 unspecified atom stereocenters.